The molecule has 0 aromatic carbocycles. The van der Waals surface area contributed by atoms with E-state index in [2.05, 4.69) is 20.8 Å². The minimum atomic E-state index is -2.02. The summed E-state index contributed by atoms with van der Waals surface area (Å²) in [7, 11) is -2.02. The summed E-state index contributed by atoms with van der Waals surface area (Å²) >= 11 is 0. The second-order valence-electron chi connectivity index (χ2n) is 7.17. The van der Waals surface area contributed by atoms with Gasteiger partial charge in [-0.3, -0.25) is 0 Å². The van der Waals surface area contributed by atoms with Gasteiger partial charge in [-0.2, -0.15) is 0 Å². The summed E-state index contributed by atoms with van der Waals surface area (Å²) in [6.07, 6.45) is 8.76. The Hall–Kier alpha value is 0.137. The van der Waals surface area contributed by atoms with Gasteiger partial charge in [-0.25, -0.2) is 0 Å². The maximum absolute atomic E-state index is 6.42. The Morgan fingerprint density at radius 1 is 0.842 bits per heavy atom. The van der Waals surface area contributed by atoms with Gasteiger partial charge in [-0.1, -0.05) is 6.92 Å². The largest absolute Gasteiger partial charge is 0.394 e. The van der Waals surface area contributed by atoms with Crippen LogP contribution in [0.4, 0.5) is 0 Å². The molecule has 0 aliphatic heterocycles. The van der Waals surface area contributed by atoms with Crippen molar-refractivity contribution in [2.75, 3.05) is 13.2 Å². The first-order chi connectivity index (χ1) is 9.17. The van der Waals surface area contributed by atoms with E-state index in [9.17, 15) is 0 Å². The fraction of sp³-hybridized carbons (Fsp3) is 1.00. The van der Waals surface area contributed by atoms with Crippen molar-refractivity contribution in [2.24, 2.45) is 17.8 Å². The molecule has 4 aliphatic rings. The molecule has 0 aromatic rings. The zero-order chi connectivity index (χ0) is 13.5. The molecule has 4 fully saturated rings. The van der Waals surface area contributed by atoms with Gasteiger partial charge in [-0.05, 0) is 76.2 Å². The van der Waals surface area contributed by atoms with E-state index in [-0.39, 0.29) is 0 Å². The van der Waals surface area contributed by atoms with Gasteiger partial charge in [0.25, 0.3) is 0 Å². The Labute approximate surface area is 119 Å². The first-order valence-corrected chi connectivity index (χ1v) is 10.5. The second-order valence-corrected chi connectivity index (χ2v) is 11.0. The molecule has 0 unspecified atom stereocenters. The topological polar surface area (TPSA) is 18.5 Å². The van der Waals surface area contributed by atoms with Crippen LogP contribution in [-0.4, -0.2) is 21.8 Å². The van der Waals surface area contributed by atoms with Gasteiger partial charge in [0.15, 0.2) is 0 Å². The van der Waals surface area contributed by atoms with Gasteiger partial charge in [-0.15, -0.1) is 0 Å². The van der Waals surface area contributed by atoms with Crippen molar-refractivity contribution >= 4 is 8.56 Å². The van der Waals surface area contributed by atoms with E-state index in [1.54, 1.807) is 0 Å². The van der Waals surface area contributed by atoms with Crippen molar-refractivity contribution in [3.8, 4) is 0 Å². The van der Waals surface area contributed by atoms with E-state index in [4.69, 9.17) is 8.85 Å². The third-order valence-corrected chi connectivity index (χ3v) is 10.7. The molecule has 0 atom stereocenters. The van der Waals surface area contributed by atoms with Gasteiger partial charge < -0.3 is 8.85 Å². The van der Waals surface area contributed by atoms with Crippen LogP contribution < -0.4 is 0 Å². The molecule has 0 aromatic heterocycles. The molecular weight excluding hydrogens is 252 g/mol. The zero-order valence-electron chi connectivity index (χ0n) is 12.9. The normalized spacial score (nSPS) is 40.9. The van der Waals surface area contributed by atoms with E-state index in [1.807, 2.05) is 0 Å². The lowest BCUT2D eigenvalue weighted by Crippen LogP contribution is -2.60. The lowest BCUT2D eigenvalue weighted by molar-refractivity contribution is -0.00383. The lowest BCUT2D eigenvalue weighted by Gasteiger charge is -2.61. The molecule has 0 spiro atoms. The highest BCUT2D eigenvalue weighted by Gasteiger charge is 2.63. The quantitative estimate of drug-likeness (QED) is 0.668. The number of hydrogen-bond donors (Lipinski definition) is 0. The highest BCUT2D eigenvalue weighted by Crippen LogP contribution is 2.68. The Morgan fingerprint density at radius 3 is 1.58 bits per heavy atom. The van der Waals surface area contributed by atoms with Crippen molar-refractivity contribution < 1.29 is 8.85 Å². The van der Waals surface area contributed by atoms with Crippen molar-refractivity contribution in [3.63, 3.8) is 0 Å². The van der Waals surface area contributed by atoms with Crippen LogP contribution in [0.5, 0.6) is 0 Å². The summed E-state index contributed by atoms with van der Waals surface area (Å²) in [5.41, 5.74) is 0. The molecule has 4 aliphatic carbocycles. The fourth-order valence-corrected chi connectivity index (χ4v) is 10.6. The van der Waals surface area contributed by atoms with Crippen LogP contribution in [0.2, 0.25) is 11.1 Å². The molecule has 0 amide bonds. The van der Waals surface area contributed by atoms with Crippen LogP contribution in [0.15, 0.2) is 0 Å². The molecule has 0 heterocycles. The molecule has 4 saturated carbocycles. The SMILES string of the molecule is CCO[Si](CC)(OCC)C12CC3CC(CC(C3)C1)C2. The van der Waals surface area contributed by atoms with Gasteiger partial charge in [0, 0.05) is 18.3 Å². The highest BCUT2D eigenvalue weighted by atomic mass is 28.4. The number of hydrogen-bond acceptors (Lipinski definition) is 2. The lowest BCUT2D eigenvalue weighted by atomic mass is 9.56. The maximum atomic E-state index is 6.42. The van der Waals surface area contributed by atoms with Crippen molar-refractivity contribution in [1.82, 2.24) is 0 Å². The molecule has 3 heteroatoms. The third-order valence-electron chi connectivity index (χ3n) is 6.07. The summed E-state index contributed by atoms with van der Waals surface area (Å²) < 4.78 is 12.8. The molecule has 110 valence electrons. The zero-order valence-corrected chi connectivity index (χ0v) is 13.9. The molecular formula is C16H30O2Si. The number of rotatable bonds is 6. The van der Waals surface area contributed by atoms with E-state index in [0.29, 0.717) is 5.04 Å². The van der Waals surface area contributed by atoms with Gasteiger partial charge in [0.05, 0.1) is 0 Å². The Morgan fingerprint density at radius 2 is 1.26 bits per heavy atom. The maximum Gasteiger partial charge on any atom is 0.344 e. The minimum Gasteiger partial charge on any atom is -0.394 e. The van der Waals surface area contributed by atoms with Crippen LogP contribution in [0.3, 0.4) is 0 Å². The monoisotopic (exact) mass is 282 g/mol. The molecule has 4 bridgehead atoms. The van der Waals surface area contributed by atoms with Gasteiger partial charge >= 0.3 is 8.56 Å². The van der Waals surface area contributed by atoms with E-state index in [1.165, 1.54) is 38.5 Å². The van der Waals surface area contributed by atoms with Crippen LogP contribution in [-0.2, 0) is 8.85 Å². The fourth-order valence-electron chi connectivity index (χ4n) is 5.97. The highest BCUT2D eigenvalue weighted by molar-refractivity contribution is 6.70. The molecule has 19 heavy (non-hydrogen) atoms. The summed E-state index contributed by atoms with van der Waals surface area (Å²) in [5.74, 6) is 2.97. The first-order valence-electron chi connectivity index (χ1n) is 8.45. The smallest absolute Gasteiger partial charge is 0.344 e. The average molecular weight is 282 g/mol. The van der Waals surface area contributed by atoms with Gasteiger partial charge in [0.1, 0.15) is 0 Å². The summed E-state index contributed by atoms with van der Waals surface area (Å²) in [6, 6.07) is 1.14. The van der Waals surface area contributed by atoms with Crippen LogP contribution in [0, 0.1) is 17.8 Å². The Kier molecular flexibility index (Phi) is 3.82. The van der Waals surface area contributed by atoms with Gasteiger partial charge in [0.2, 0.25) is 0 Å². The Bertz CT molecular complexity index is 287. The predicted octanol–water partition coefficient (Wildman–Crippen LogP) is 4.49. The Balaban J connectivity index is 1.92. The predicted molar refractivity (Wildman–Crippen MR) is 80.4 cm³/mol. The summed E-state index contributed by atoms with van der Waals surface area (Å²) in [4.78, 5) is 0. The summed E-state index contributed by atoms with van der Waals surface area (Å²) in [5, 5.41) is 0.461. The van der Waals surface area contributed by atoms with E-state index in [0.717, 1.165) is 37.0 Å². The van der Waals surface area contributed by atoms with Crippen LogP contribution in [0.1, 0.15) is 59.3 Å². The van der Waals surface area contributed by atoms with Crippen molar-refractivity contribution in [2.45, 2.75) is 70.4 Å². The van der Waals surface area contributed by atoms with Crippen molar-refractivity contribution in [1.29, 1.82) is 0 Å². The third kappa shape index (κ3) is 2.13. The molecule has 2 nitrogen and oxygen atoms in total. The first kappa shape index (κ1) is 14.1. The van der Waals surface area contributed by atoms with Crippen molar-refractivity contribution in [3.05, 3.63) is 0 Å². The minimum absolute atomic E-state index is 0.461. The molecule has 0 radical (unpaired) electrons. The van der Waals surface area contributed by atoms with E-state index >= 15 is 0 Å². The van der Waals surface area contributed by atoms with Crippen LogP contribution >= 0.6 is 0 Å². The molecule has 0 N–H and O–H groups in total. The van der Waals surface area contributed by atoms with Crippen LogP contribution in [0.25, 0.3) is 0 Å². The standard InChI is InChI=1S/C16H30O2Si/c1-4-17-19(6-3,18-5-2)16-10-13-7-14(11-16)9-15(8-13)12-16/h13-15H,4-12H2,1-3H3. The molecule has 0 saturated heterocycles. The summed E-state index contributed by atoms with van der Waals surface area (Å²) in [6.45, 7) is 8.29. The second kappa shape index (κ2) is 5.16. The van der Waals surface area contributed by atoms with E-state index < -0.39 is 8.56 Å². The molecule has 4 rings (SSSR count). The average Bonchev–Trinajstić information content (AvgIpc) is 2.36.